The maximum absolute atomic E-state index is 12.5. The summed E-state index contributed by atoms with van der Waals surface area (Å²) in [6, 6.07) is 12.3. The van der Waals surface area contributed by atoms with E-state index in [1.54, 1.807) is 38.2 Å². The smallest absolute Gasteiger partial charge is 0.320 e. The molecule has 0 aliphatic rings. The number of H-pyrrole nitrogens is 1. The molecule has 3 N–H and O–H groups in total. The molecule has 0 aliphatic heterocycles. The number of aryl methyl sites for hydroxylation is 1. The predicted octanol–water partition coefficient (Wildman–Crippen LogP) is 4.32. The molecule has 35 heavy (non-hydrogen) atoms. The van der Waals surface area contributed by atoms with Gasteiger partial charge in [-0.3, -0.25) is 4.79 Å². The molecule has 1 unspecified atom stereocenters. The van der Waals surface area contributed by atoms with Crippen molar-refractivity contribution in [3.8, 4) is 16.9 Å². The summed E-state index contributed by atoms with van der Waals surface area (Å²) < 4.78 is 31.0. The van der Waals surface area contributed by atoms with E-state index < -0.39 is 21.8 Å². The number of rotatable bonds is 10. The molecule has 9 heteroatoms. The molecule has 0 aliphatic carbocycles. The largest absolute Gasteiger partial charge is 0.491 e. The first-order valence-electron chi connectivity index (χ1n) is 11.5. The van der Waals surface area contributed by atoms with E-state index in [1.165, 1.54) is 0 Å². The van der Waals surface area contributed by atoms with Gasteiger partial charge in [-0.15, -0.1) is 0 Å². The van der Waals surface area contributed by atoms with Crippen molar-refractivity contribution in [1.29, 1.82) is 0 Å². The number of aliphatic carboxylic acids is 1. The third-order valence-corrected chi connectivity index (χ3v) is 7.72. The number of carboxylic acid groups (broad SMARTS) is 1. The molecule has 0 fully saturated rings. The highest BCUT2D eigenvalue weighted by Crippen LogP contribution is 2.39. The number of ether oxygens (including phenoxy) is 1. The number of hydrogen-bond acceptors (Lipinski definition) is 6. The number of aromatic amines is 1. The van der Waals surface area contributed by atoms with Gasteiger partial charge in [-0.2, -0.15) is 0 Å². The molecule has 0 saturated carbocycles. The number of hydrogen-bond donors (Lipinski definition) is 3. The number of carbonyl (C=O) groups is 1. The molecule has 0 bridgehead atoms. The number of aromatic nitrogens is 2. The molecule has 4 aromatic rings. The molecule has 0 spiro atoms. The molecule has 0 amide bonds. The van der Waals surface area contributed by atoms with E-state index >= 15 is 0 Å². The van der Waals surface area contributed by atoms with Gasteiger partial charge in [0, 0.05) is 17.0 Å². The molecule has 2 heterocycles. The summed E-state index contributed by atoms with van der Waals surface area (Å²) in [6.45, 7) is 6.13. The van der Waals surface area contributed by atoms with Gasteiger partial charge < -0.3 is 20.1 Å². The highest BCUT2D eigenvalue weighted by atomic mass is 32.2. The van der Waals surface area contributed by atoms with Crippen LogP contribution in [0, 0.1) is 6.92 Å². The molecule has 0 radical (unpaired) electrons. The van der Waals surface area contributed by atoms with Crippen LogP contribution in [0.3, 0.4) is 0 Å². The van der Waals surface area contributed by atoms with Crippen LogP contribution in [-0.4, -0.2) is 54.4 Å². The third-order valence-electron chi connectivity index (χ3n) is 5.99. The second-order valence-electron chi connectivity index (χ2n) is 8.54. The lowest BCUT2D eigenvalue weighted by Gasteiger charge is -2.12. The van der Waals surface area contributed by atoms with Gasteiger partial charge >= 0.3 is 5.97 Å². The lowest BCUT2D eigenvalue weighted by atomic mass is 9.99. The molecular formula is C26H29N3O5S. The van der Waals surface area contributed by atoms with E-state index in [2.05, 4.69) is 21.4 Å². The Labute approximate surface area is 204 Å². The second-order valence-corrected chi connectivity index (χ2v) is 10.8. The fourth-order valence-electron chi connectivity index (χ4n) is 4.01. The van der Waals surface area contributed by atoms with Crippen molar-refractivity contribution in [2.75, 3.05) is 18.9 Å². The first-order chi connectivity index (χ1) is 16.7. The van der Waals surface area contributed by atoms with Crippen molar-refractivity contribution < 1.29 is 23.1 Å². The number of fused-ring (bicyclic) bond motifs is 3. The second kappa shape index (κ2) is 10.1. The zero-order valence-electron chi connectivity index (χ0n) is 20.0. The van der Waals surface area contributed by atoms with E-state index in [-0.39, 0.29) is 5.75 Å². The standard InChI is InChI=1S/C26H29N3O5S/c1-4-35(32,33)19-8-5-7-18(14-19)20-9-10-22(34-12-6-11-27-17(3)26(30)31)24-23(20)21-13-16(2)15-28-25(21)29-24/h5,7-10,13-15,17,27H,4,6,11-12H2,1-3H3,(H,28,29)(H,30,31). The summed E-state index contributed by atoms with van der Waals surface area (Å²) in [5.41, 5.74) is 4.20. The van der Waals surface area contributed by atoms with Gasteiger partial charge in [0.25, 0.3) is 0 Å². The number of nitrogens with one attached hydrogen (secondary N) is 2. The van der Waals surface area contributed by atoms with Gasteiger partial charge in [-0.1, -0.05) is 19.1 Å². The molecule has 4 rings (SSSR count). The average Bonchev–Trinajstić information content (AvgIpc) is 3.22. The van der Waals surface area contributed by atoms with E-state index in [1.807, 2.05) is 25.1 Å². The number of pyridine rings is 1. The van der Waals surface area contributed by atoms with E-state index in [4.69, 9.17) is 9.84 Å². The number of benzene rings is 2. The van der Waals surface area contributed by atoms with Crippen LogP contribution in [0.25, 0.3) is 33.1 Å². The Bertz CT molecular complexity index is 1490. The molecule has 2 aromatic heterocycles. The van der Waals surface area contributed by atoms with Crippen LogP contribution >= 0.6 is 0 Å². The number of sulfone groups is 1. The fourth-order valence-corrected chi connectivity index (χ4v) is 4.94. The molecule has 8 nitrogen and oxygen atoms in total. The Kier molecular flexibility index (Phi) is 7.09. The van der Waals surface area contributed by atoms with Crippen molar-refractivity contribution >= 4 is 37.7 Å². The van der Waals surface area contributed by atoms with Crippen LogP contribution in [0.2, 0.25) is 0 Å². The number of carboxylic acids is 1. The summed E-state index contributed by atoms with van der Waals surface area (Å²) in [5.74, 6) is -0.197. The first-order valence-corrected chi connectivity index (χ1v) is 13.2. The van der Waals surface area contributed by atoms with Gasteiger partial charge in [0.1, 0.15) is 17.4 Å². The zero-order valence-corrected chi connectivity index (χ0v) is 20.8. The minimum Gasteiger partial charge on any atom is -0.491 e. The van der Waals surface area contributed by atoms with E-state index in [9.17, 15) is 13.2 Å². The molecule has 2 aromatic carbocycles. The summed E-state index contributed by atoms with van der Waals surface area (Å²) in [6.07, 6.45) is 2.43. The highest BCUT2D eigenvalue weighted by molar-refractivity contribution is 7.91. The van der Waals surface area contributed by atoms with E-state index in [0.29, 0.717) is 30.2 Å². The summed E-state index contributed by atoms with van der Waals surface area (Å²) >= 11 is 0. The lowest BCUT2D eigenvalue weighted by molar-refractivity contribution is -0.139. The fraction of sp³-hybridized carbons (Fsp3) is 0.308. The van der Waals surface area contributed by atoms with Crippen LogP contribution in [0.1, 0.15) is 25.8 Å². The quantitative estimate of drug-likeness (QED) is 0.280. The van der Waals surface area contributed by atoms with Crippen LogP contribution in [0.4, 0.5) is 0 Å². The van der Waals surface area contributed by atoms with E-state index in [0.717, 1.165) is 38.6 Å². The average molecular weight is 496 g/mol. The Hall–Kier alpha value is -3.43. The maximum atomic E-state index is 12.5. The highest BCUT2D eigenvalue weighted by Gasteiger charge is 2.18. The molecular weight excluding hydrogens is 466 g/mol. The van der Waals surface area contributed by atoms with Crippen LogP contribution in [0.5, 0.6) is 5.75 Å². The van der Waals surface area contributed by atoms with Crippen molar-refractivity contribution in [2.45, 2.75) is 38.1 Å². The van der Waals surface area contributed by atoms with Crippen LogP contribution in [0.15, 0.2) is 53.6 Å². The molecule has 0 saturated heterocycles. The summed E-state index contributed by atoms with van der Waals surface area (Å²) in [5, 5.41) is 13.8. The zero-order chi connectivity index (χ0) is 25.2. The Morgan fingerprint density at radius 3 is 2.77 bits per heavy atom. The molecule has 1 atom stereocenters. The Balaban J connectivity index is 1.73. The van der Waals surface area contributed by atoms with Gasteiger partial charge in [0.15, 0.2) is 9.84 Å². The van der Waals surface area contributed by atoms with Gasteiger partial charge in [-0.25, -0.2) is 13.4 Å². The van der Waals surface area contributed by atoms with Crippen LogP contribution < -0.4 is 10.1 Å². The maximum Gasteiger partial charge on any atom is 0.320 e. The first kappa shape index (κ1) is 24.7. The molecule has 184 valence electrons. The minimum absolute atomic E-state index is 0.0366. The van der Waals surface area contributed by atoms with Crippen molar-refractivity contribution in [2.24, 2.45) is 0 Å². The monoisotopic (exact) mass is 495 g/mol. The van der Waals surface area contributed by atoms with Gasteiger partial charge in [0.2, 0.25) is 0 Å². The topological polar surface area (TPSA) is 121 Å². The van der Waals surface area contributed by atoms with Gasteiger partial charge in [-0.05, 0) is 73.8 Å². The lowest BCUT2D eigenvalue weighted by Crippen LogP contribution is -2.34. The van der Waals surface area contributed by atoms with Crippen LogP contribution in [-0.2, 0) is 14.6 Å². The summed E-state index contributed by atoms with van der Waals surface area (Å²) in [4.78, 5) is 19.1. The summed E-state index contributed by atoms with van der Waals surface area (Å²) in [7, 11) is -3.34. The predicted molar refractivity (Wildman–Crippen MR) is 137 cm³/mol. The minimum atomic E-state index is -3.34. The Morgan fingerprint density at radius 1 is 1.23 bits per heavy atom. The van der Waals surface area contributed by atoms with Crippen molar-refractivity contribution in [3.63, 3.8) is 0 Å². The SMILES string of the molecule is CCS(=O)(=O)c1cccc(-c2ccc(OCCCNC(C)C(=O)O)c3[nH]c4ncc(C)cc4c23)c1. The Morgan fingerprint density at radius 2 is 2.03 bits per heavy atom. The van der Waals surface area contributed by atoms with Crippen molar-refractivity contribution in [1.82, 2.24) is 15.3 Å². The normalized spacial score (nSPS) is 12.8. The van der Waals surface area contributed by atoms with Crippen molar-refractivity contribution in [3.05, 3.63) is 54.2 Å². The van der Waals surface area contributed by atoms with Gasteiger partial charge in [0.05, 0.1) is 22.8 Å². The third kappa shape index (κ3) is 5.16. The number of nitrogens with zero attached hydrogens (tertiary/aromatic N) is 1.